The molecule has 0 aliphatic heterocycles. The molecule has 0 aliphatic carbocycles. The zero-order valence-electron chi connectivity index (χ0n) is 42.6. The van der Waals surface area contributed by atoms with Crippen molar-refractivity contribution in [1.29, 1.82) is 0 Å². The van der Waals surface area contributed by atoms with E-state index in [0.29, 0.717) is 0 Å². The highest BCUT2D eigenvalue weighted by molar-refractivity contribution is 6.06. The molecule has 0 saturated carbocycles. The maximum atomic E-state index is 6.54. The summed E-state index contributed by atoms with van der Waals surface area (Å²) >= 11 is 0. The van der Waals surface area contributed by atoms with E-state index in [-0.39, 0.29) is 0 Å². The second-order valence-corrected chi connectivity index (χ2v) is 17.1. The molecular formula is C68H62O4. The largest absolute Gasteiger partial charge is 0.496 e. The van der Waals surface area contributed by atoms with Crippen molar-refractivity contribution in [1.82, 2.24) is 0 Å². The Morgan fingerprint density at radius 2 is 0.444 bits per heavy atom. The van der Waals surface area contributed by atoms with Gasteiger partial charge >= 0.3 is 0 Å². The molecule has 10 rings (SSSR count). The van der Waals surface area contributed by atoms with Gasteiger partial charge in [0.05, 0.1) is 28.4 Å². The van der Waals surface area contributed by atoms with Crippen molar-refractivity contribution in [2.75, 3.05) is 28.4 Å². The lowest BCUT2D eigenvalue weighted by Crippen LogP contribution is -2.00. The minimum atomic E-state index is 0.749. The van der Waals surface area contributed by atoms with E-state index < -0.39 is 0 Å². The maximum Gasteiger partial charge on any atom is 0.127 e. The second-order valence-electron chi connectivity index (χ2n) is 17.1. The number of aryl methyl sites for hydroxylation is 2. The molecule has 0 amide bonds. The molecule has 0 fully saturated rings. The summed E-state index contributed by atoms with van der Waals surface area (Å²) in [6, 6.07) is 81.3. The van der Waals surface area contributed by atoms with Crippen LogP contribution in [0, 0.1) is 13.8 Å². The van der Waals surface area contributed by atoms with Gasteiger partial charge in [0.1, 0.15) is 23.0 Å². The molecule has 4 nitrogen and oxygen atoms in total. The summed E-state index contributed by atoms with van der Waals surface area (Å²) in [5, 5.41) is 0. The Hall–Kier alpha value is -8.60. The molecule has 0 aromatic heterocycles. The SMILES string of the molecule is CC.COc1cc(-c2c(-c3ccccc3)ccc(-c3ccccc3)c2-c2ccccc2)c(OC)cc1-c1c(-c2ccccc2)ccc(-c2ccccc2)c1-c1ccccc1.COc1cc(C)c(OC)cc1C. The van der Waals surface area contributed by atoms with Gasteiger partial charge in [-0.05, 0) is 116 Å². The van der Waals surface area contributed by atoms with Crippen LogP contribution in [0.3, 0.4) is 0 Å². The zero-order valence-corrected chi connectivity index (χ0v) is 42.6. The third-order valence-corrected chi connectivity index (χ3v) is 12.8. The average Bonchev–Trinajstić information content (AvgIpc) is 3.46. The zero-order chi connectivity index (χ0) is 50.4. The second kappa shape index (κ2) is 23.8. The van der Waals surface area contributed by atoms with Crippen molar-refractivity contribution in [3.63, 3.8) is 0 Å². The van der Waals surface area contributed by atoms with E-state index in [4.69, 9.17) is 18.9 Å². The molecule has 0 unspecified atom stereocenters. The van der Waals surface area contributed by atoms with Gasteiger partial charge in [0.15, 0.2) is 0 Å². The molecule has 10 aromatic carbocycles. The Morgan fingerprint density at radius 3 is 0.681 bits per heavy atom. The number of hydrogen-bond acceptors (Lipinski definition) is 4. The summed E-state index contributed by atoms with van der Waals surface area (Å²) < 4.78 is 23.4. The highest BCUT2D eigenvalue weighted by Crippen LogP contribution is 2.54. The van der Waals surface area contributed by atoms with Crippen LogP contribution in [0.1, 0.15) is 25.0 Å². The van der Waals surface area contributed by atoms with Crippen LogP contribution in [0.2, 0.25) is 0 Å². The fraction of sp³-hybridized carbons (Fsp3) is 0.118. The Labute approximate surface area is 426 Å². The molecule has 0 aliphatic rings. The normalized spacial score (nSPS) is 10.5. The Bertz CT molecular complexity index is 3110. The first kappa shape index (κ1) is 49.8. The highest BCUT2D eigenvalue weighted by atomic mass is 16.5. The third-order valence-electron chi connectivity index (χ3n) is 12.8. The van der Waals surface area contributed by atoms with Gasteiger partial charge in [-0.15, -0.1) is 0 Å². The fourth-order valence-corrected chi connectivity index (χ4v) is 9.50. The predicted octanol–water partition coefficient (Wildman–Crippen LogP) is 18.4. The van der Waals surface area contributed by atoms with Crippen molar-refractivity contribution in [2.45, 2.75) is 27.7 Å². The molecule has 4 heteroatoms. The monoisotopic (exact) mass is 942 g/mol. The maximum absolute atomic E-state index is 6.54. The minimum Gasteiger partial charge on any atom is -0.496 e. The summed E-state index contributed by atoms with van der Waals surface area (Å²) in [6.07, 6.45) is 0. The molecule has 0 radical (unpaired) electrons. The van der Waals surface area contributed by atoms with E-state index in [1.807, 2.05) is 39.8 Å². The van der Waals surface area contributed by atoms with Crippen molar-refractivity contribution in [2.24, 2.45) is 0 Å². The first-order valence-corrected chi connectivity index (χ1v) is 24.5. The van der Waals surface area contributed by atoms with E-state index in [9.17, 15) is 0 Å². The summed E-state index contributed by atoms with van der Waals surface area (Å²) in [5.41, 5.74) is 19.7. The molecule has 0 spiro atoms. The van der Waals surface area contributed by atoms with Gasteiger partial charge in [-0.3, -0.25) is 0 Å². The summed E-state index contributed by atoms with van der Waals surface area (Å²) in [6.45, 7) is 8.00. The standard InChI is InChI=1S/C56H42O2.C10H14O2.C2H6/c1-57-51-37-50(56-48(42-27-15-6-16-28-42)36-34-46(40-23-11-4-12-24-40)54(56)44-31-19-8-20-32-44)52(58-2)38-49(51)55-47(41-25-13-5-14-26-41)35-33-45(39-21-9-3-10-22-39)53(55)43-29-17-7-18-30-43;1-7-5-10(12-4)8(2)6-9(7)11-3;1-2/h3-38H,1-2H3;5-6H,1-4H3;1-2H3. The third kappa shape index (κ3) is 10.6. The quantitative estimate of drug-likeness (QED) is 0.122. The van der Waals surface area contributed by atoms with E-state index in [2.05, 4.69) is 218 Å². The fourth-order valence-electron chi connectivity index (χ4n) is 9.50. The van der Waals surface area contributed by atoms with Crippen LogP contribution in [-0.2, 0) is 0 Å². The Morgan fingerprint density at radius 1 is 0.222 bits per heavy atom. The topological polar surface area (TPSA) is 36.9 Å². The van der Waals surface area contributed by atoms with E-state index >= 15 is 0 Å². The predicted molar refractivity (Wildman–Crippen MR) is 303 cm³/mol. The number of benzene rings is 10. The van der Waals surface area contributed by atoms with Crippen molar-refractivity contribution in [3.05, 3.63) is 242 Å². The first-order valence-electron chi connectivity index (χ1n) is 24.5. The highest BCUT2D eigenvalue weighted by Gasteiger charge is 2.27. The molecular weight excluding hydrogens is 881 g/mol. The first-order chi connectivity index (χ1) is 35.4. The van der Waals surface area contributed by atoms with Gasteiger partial charge in [0.25, 0.3) is 0 Å². The van der Waals surface area contributed by atoms with Crippen LogP contribution in [0.25, 0.3) is 89.0 Å². The minimum absolute atomic E-state index is 0.749. The van der Waals surface area contributed by atoms with Crippen LogP contribution in [0.15, 0.2) is 231 Å². The smallest absolute Gasteiger partial charge is 0.127 e. The van der Waals surface area contributed by atoms with Crippen LogP contribution in [0.4, 0.5) is 0 Å². The molecule has 72 heavy (non-hydrogen) atoms. The lowest BCUT2D eigenvalue weighted by Gasteiger charge is -2.25. The van der Waals surface area contributed by atoms with E-state index in [1.54, 1.807) is 28.4 Å². The summed E-state index contributed by atoms with van der Waals surface area (Å²) in [5.74, 6) is 3.32. The van der Waals surface area contributed by atoms with E-state index in [0.717, 1.165) is 123 Å². The molecule has 0 N–H and O–H groups in total. The molecule has 0 heterocycles. The van der Waals surface area contributed by atoms with Crippen LogP contribution < -0.4 is 18.9 Å². The Balaban J connectivity index is 0.000000433. The molecule has 0 saturated heterocycles. The molecule has 0 bridgehead atoms. The van der Waals surface area contributed by atoms with E-state index in [1.165, 1.54) is 0 Å². The van der Waals surface area contributed by atoms with Crippen molar-refractivity contribution >= 4 is 0 Å². The number of ether oxygens (including phenoxy) is 4. The molecule has 10 aromatic rings. The lowest BCUT2D eigenvalue weighted by molar-refractivity contribution is 0.398. The molecule has 358 valence electrons. The van der Waals surface area contributed by atoms with Crippen LogP contribution in [0.5, 0.6) is 23.0 Å². The number of rotatable bonds is 12. The van der Waals surface area contributed by atoms with Crippen molar-refractivity contribution < 1.29 is 18.9 Å². The van der Waals surface area contributed by atoms with Gasteiger partial charge in [0.2, 0.25) is 0 Å². The van der Waals surface area contributed by atoms with Gasteiger partial charge in [-0.2, -0.15) is 0 Å². The van der Waals surface area contributed by atoms with Gasteiger partial charge in [-0.1, -0.05) is 220 Å². The molecule has 0 atom stereocenters. The van der Waals surface area contributed by atoms with Crippen LogP contribution >= 0.6 is 0 Å². The lowest BCUT2D eigenvalue weighted by atomic mass is 9.80. The average molecular weight is 943 g/mol. The Kier molecular flexibility index (Phi) is 16.5. The van der Waals surface area contributed by atoms with Gasteiger partial charge in [-0.25, -0.2) is 0 Å². The number of hydrogen-bond donors (Lipinski definition) is 0. The number of methoxy groups -OCH3 is 4. The van der Waals surface area contributed by atoms with Crippen LogP contribution in [-0.4, -0.2) is 28.4 Å². The van der Waals surface area contributed by atoms with Crippen molar-refractivity contribution in [3.8, 4) is 112 Å². The summed E-state index contributed by atoms with van der Waals surface area (Å²) in [4.78, 5) is 0. The van der Waals surface area contributed by atoms with Gasteiger partial charge < -0.3 is 18.9 Å². The van der Waals surface area contributed by atoms with Gasteiger partial charge in [0, 0.05) is 22.3 Å². The summed E-state index contributed by atoms with van der Waals surface area (Å²) in [7, 11) is 6.90.